The number of aromatic nitrogens is 3. The van der Waals surface area contributed by atoms with Crippen molar-refractivity contribution in [3.05, 3.63) is 58.9 Å². The van der Waals surface area contributed by atoms with Crippen molar-refractivity contribution < 1.29 is 9.90 Å². The summed E-state index contributed by atoms with van der Waals surface area (Å²) in [5, 5.41) is 20.5. The Morgan fingerprint density at radius 1 is 1.19 bits per heavy atom. The number of rotatable bonds is 6. The number of nitrogens with zero attached hydrogens (tertiary/aromatic N) is 3. The van der Waals surface area contributed by atoms with Crippen molar-refractivity contribution in [3.63, 3.8) is 0 Å². The molecule has 7 nitrogen and oxygen atoms in total. The van der Waals surface area contributed by atoms with Crippen LogP contribution in [0.1, 0.15) is 35.9 Å². The third-order valence-corrected chi connectivity index (χ3v) is 4.19. The SMILES string of the molecule is Cc1cc(Nc2cc(Nc3ccccc3C(=O)O)c(Cl)cn2)n(C(C)C)n1. The molecule has 27 heavy (non-hydrogen) atoms. The van der Waals surface area contributed by atoms with Gasteiger partial charge in [-0.1, -0.05) is 23.7 Å². The third-order valence-electron chi connectivity index (χ3n) is 3.89. The third kappa shape index (κ3) is 4.20. The predicted octanol–water partition coefficient (Wildman–Crippen LogP) is 5.01. The van der Waals surface area contributed by atoms with Gasteiger partial charge in [0.15, 0.2) is 0 Å². The van der Waals surface area contributed by atoms with Crippen molar-refractivity contribution in [2.75, 3.05) is 10.6 Å². The standard InChI is InChI=1S/C19H20ClN5O2/c1-11(2)25-18(8-12(3)24-25)23-17-9-16(14(20)10-21-17)22-15-7-5-4-6-13(15)19(26)27/h4-11H,1-3H3,(H,26,27)(H2,21,22,23). The number of carbonyl (C=O) groups is 1. The van der Waals surface area contributed by atoms with E-state index in [1.54, 1.807) is 24.3 Å². The number of pyridine rings is 1. The summed E-state index contributed by atoms with van der Waals surface area (Å²) in [7, 11) is 0. The molecular weight excluding hydrogens is 366 g/mol. The van der Waals surface area contributed by atoms with E-state index < -0.39 is 5.97 Å². The number of hydrogen-bond acceptors (Lipinski definition) is 5. The number of anilines is 4. The van der Waals surface area contributed by atoms with Crippen molar-refractivity contribution >= 4 is 40.6 Å². The predicted molar refractivity (Wildman–Crippen MR) is 107 cm³/mol. The molecule has 0 bridgehead atoms. The second kappa shape index (κ2) is 7.67. The number of nitrogens with one attached hydrogen (secondary N) is 2. The molecule has 0 fully saturated rings. The van der Waals surface area contributed by atoms with Crippen LogP contribution in [0.25, 0.3) is 0 Å². The molecule has 0 radical (unpaired) electrons. The number of para-hydroxylation sites is 1. The highest BCUT2D eigenvalue weighted by molar-refractivity contribution is 6.33. The Hall–Kier alpha value is -3.06. The maximum Gasteiger partial charge on any atom is 0.337 e. The van der Waals surface area contributed by atoms with E-state index >= 15 is 0 Å². The van der Waals surface area contributed by atoms with Gasteiger partial charge in [0.05, 0.1) is 33.9 Å². The van der Waals surface area contributed by atoms with Crippen molar-refractivity contribution in [2.24, 2.45) is 0 Å². The molecule has 0 aliphatic carbocycles. The molecule has 0 spiro atoms. The average molecular weight is 386 g/mol. The summed E-state index contributed by atoms with van der Waals surface area (Å²) in [5.41, 5.74) is 2.06. The first-order valence-electron chi connectivity index (χ1n) is 8.43. The van der Waals surface area contributed by atoms with Crippen LogP contribution in [-0.4, -0.2) is 25.8 Å². The molecule has 0 atom stereocenters. The molecule has 0 unspecified atom stereocenters. The van der Waals surface area contributed by atoms with Crippen molar-refractivity contribution in [1.82, 2.24) is 14.8 Å². The van der Waals surface area contributed by atoms with Gasteiger partial charge in [0, 0.05) is 18.2 Å². The lowest BCUT2D eigenvalue weighted by molar-refractivity contribution is 0.0698. The summed E-state index contributed by atoms with van der Waals surface area (Å²) in [6, 6.07) is 10.5. The average Bonchev–Trinajstić information content (AvgIpc) is 2.99. The summed E-state index contributed by atoms with van der Waals surface area (Å²) in [5.74, 6) is 0.364. The minimum atomic E-state index is -1.02. The molecule has 3 N–H and O–H groups in total. The van der Waals surface area contributed by atoms with Crippen LogP contribution in [0.15, 0.2) is 42.6 Å². The molecule has 0 amide bonds. The normalized spacial score (nSPS) is 10.9. The van der Waals surface area contributed by atoms with Gasteiger partial charge in [0.25, 0.3) is 0 Å². The Bertz CT molecular complexity index is 984. The van der Waals surface area contributed by atoms with Crippen molar-refractivity contribution in [2.45, 2.75) is 26.8 Å². The van der Waals surface area contributed by atoms with E-state index in [-0.39, 0.29) is 11.6 Å². The molecule has 0 aliphatic rings. The first kappa shape index (κ1) is 18.7. The number of halogens is 1. The van der Waals surface area contributed by atoms with Crippen molar-refractivity contribution in [1.29, 1.82) is 0 Å². The molecule has 0 saturated heterocycles. The molecule has 8 heteroatoms. The molecule has 3 rings (SSSR count). The van der Waals surface area contributed by atoms with Crippen LogP contribution in [0, 0.1) is 6.92 Å². The Morgan fingerprint density at radius 2 is 1.93 bits per heavy atom. The van der Waals surface area contributed by atoms with Gasteiger partial charge in [-0.2, -0.15) is 5.10 Å². The largest absolute Gasteiger partial charge is 0.478 e. The summed E-state index contributed by atoms with van der Waals surface area (Å²) >= 11 is 6.25. The van der Waals surface area contributed by atoms with Crippen LogP contribution in [0.5, 0.6) is 0 Å². The smallest absolute Gasteiger partial charge is 0.337 e. The molecule has 3 aromatic rings. The quantitative estimate of drug-likeness (QED) is 0.552. The molecular formula is C19H20ClN5O2. The molecule has 2 heterocycles. The minimum Gasteiger partial charge on any atom is -0.478 e. The van der Waals surface area contributed by atoms with E-state index in [2.05, 4.69) is 20.7 Å². The maximum absolute atomic E-state index is 11.4. The van der Waals surface area contributed by atoms with Gasteiger partial charge >= 0.3 is 5.97 Å². The summed E-state index contributed by atoms with van der Waals surface area (Å²) in [4.78, 5) is 15.7. The Balaban J connectivity index is 1.91. The van der Waals surface area contributed by atoms with Crippen LogP contribution in [0.4, 0.5) is 23.0 Å². The summed E-state index contributed by atoms with van der Waals surface area (Å²) in [6.07, 6.45) is 1.51. The second-order valence-corrected chi connectivity index (χ2v) is 6.77. The van der Waals surface area contributed by atoms with Gasteiger partial charge < -0.3 is 15.7 Å². The number of carboxylic acids is 1. The Labute approximate surface area is 162 Å². The zero-order valence-corrected chi connectivity index (χ0v) is 15.9. The fourth-order valence-corrected chi connectivity index (χ4v) is 2.81. The molecule has 1 aromatic carbocycles. The van der Waals surface area contributed by atoms with Crippen LogP contribution < -0.4 is 10.6 Å². The highest BCUT2D eigenvalue weighted by Crippen LogP contribution is 2.30. The zero-order chi connectivity index (χ0) is 19.6. The zero-order valence-electron chi connectivity index (χ0n) is 15.2. The highest BCUT2D eigenvalue weighted by atomic mass is 35.5. The molecule has 140 valence electrons. The fraction of sp³-hybridized carbons (Fsp3) is 0.211. The van der Waals surface area contributed by atoms with E-state index in [1.807, 2.05) is 31.5 Å². The summed E-state index contributed by atoms with van der Waals surface area (Å²) < 4.78 is 1.87. The van der Waals surface area contributed by atoms with E-state index in [0.29, 0.717) is 22.2 Å². The monoisotopic (exact) mass is 385 g/mol. The van der Waals surface area contributed by atoms with E-state index in [4.69, 9.17) is 11.6 Å². The van der Waals surface area contributed by atoms with Gasteiger partial charge in [0.2, 0.25) is 0 Å². The number of benzene rings is 1. The van der Waals surface area contributed by atoms with E-state index in [9.17, 15) is 9.90 Å². The number of hydrogen-bond donors (Lipinski definition) is 3. The topological polar surface area (TPSA) is 92.1 Å². The van der Waals surface area contributed by atoms with Gasteiger partial charge in [-0.25, -0.2) is 14.5 Å². The minimum absolute atomic E-state index is 0.161. The summed E-state index contributed by atoms with van der Waals surface area (Å²) in [6.45, 7) is 6.01. The lowest BCUT2D eigenvalue weighted by atomic mass is 10.1. The van der Waals surface area contributed by atoms with Crippen molar-refractivity contribution in [3.8, 4) is 0 Å². The lowest BCUT2D eigenvalue weighted by Gasteiger charge is -2.14. The highest BCUT2D eigenvalue weighted by Gasteiger charge is 2.13. The van der Waals surface area contributed by atoms with Crippen LogP contribution in [0.2, 0.25) is 5.02 Å². The van der Waals surface area contributed by atoms with Gasteiger partial charge in [-0.3, -0.25) is 0 Å². The first-order valence-corrected chi connectivity index (χ1v) is 8.81. The molecule has 0 saturated carbocycles. The second-order valence-electron chi connectivity index (χ2n) is 6.36. The van der Waals surface area contributed by atoms with Crippen LogP contribution in [-0.2, 0) is 0 Å². The number of carboxylic acid groups (broad SMARTS) is 1. The Kier molecular flexibility index (Phi) is 5.32. The number of aryl methyl sites for hydroxylation is 1. The number of aromatic carboxylic acids is 1. The van der Waals surface area contributed by atoms with Crippen LogP contribution >= 0.6 is 11.6 Å². The molecule has 2 aromatic heterocycles. The van der Waals surface area contributed by atoms with Gasteiger partial charge in [0.1, 0.15) is 11.6 Å². The van der Waals surface area contributed by atoms with E-state index in [1.165, 1.54) is 12.3 Å². The van der Waals surface area contributed by atoms with E-state index in [0.717, 1.165) is 11.5 Å². The van der Waals surface area contributed by atoms with Gasteiger partial charge in [-0.15, -0.1) is 0 Å². The first-order chi connectivity index (χ1) is 12.8. The van der Waals surface area contributed by atoms with Crippen LogP contribution in [0.3, 0.4) is 0 Å². The molecule has 0 aliphatic heterocycles. The van der Waals surface area contributed by atoms with Gasteiger partial charge in [-0.05, 0) is 32.9 Å². The maximum atomic E-state index is 11.4. The fourth-order valence-electron chi connectivity index (χ4n) is 2.66. The Morgan fingerprint density at radius 3 is 2.63 bits per heavy atom. The lowest BCUT2D eigenvalue weighted by Crippen LogP contribution is -2.08.